The molecule has 8 nitrogen and oxygen atoms in total. The highest BCUT2D eigenvalue weighted by atomic mass is 16.6. The second-order valence-electron chi connectivity index (χ2n) is 5.76. The molecule has 1 aromatic carbocycles. The Bertz CT molecular complexity index is 676. The molecule has 0 aliphatic carbocycles. The lowest BCUT2D eigenvalue weighted by Crippen LogP contribution is -2.47. The Labute approximate surface area is 145 Å². The number of hydrogen-bond donors (Lipinski definition) is 0. The second kappa shape index (κ2) is 8.27. The minimum Gasteiger partial charge on any atom is -0.453 e. The van der Waals surface area contributed by atoms with Gasteiger partial charge in [0.1, 0.15) is 6.04 Å². The van der Waals surface area contributed by atoms with Gasteiger partial charge in [0, 0.05) is 31.8 Å². The van der Waals surface area contributed by atoms with Crippen molar-refractivity contribution in [2.75, 3.05) is 20.2 Å². The maximum Gasteiger partial charge on any atom is 0.410 e. The molecule has 1 aromatic rings. The molecule has 0 bridgehead atoms. The van der Waals surface area contributed by atoms with Crippen LogP contribution in [0.2, 0.25) is 0 Å². The van der Waals surface area contributed by atoms with Gasteiger partial charge in [-0.25, -0.2) is 4.79 Å². The third-order valence-corrected chi connectivity index (χ3v) is 4.10. The molecule has 1 atom stereocenters. The average molecular weight is 347 g/mol. The third kappa shape index (κ3) is 4.34. The van der Waals surface area contributed by atoms with Gasteiger partial charge in [-0.1, -0.05) is 18.2 Å². The molecule has 1 fully saturated rings. The van der Waals surface area contributed by atoms with Crippen LogP contribution < -0.4 is 0 Å². The average Bonchev–Trinajstić information content (AvgIpc) is 3.10. The second-order valence-corrected chi connectivity index (χ2v) is 5.76. The summed E-state index contributed by atoms with van der Waals surface area (Å²) in [5.41, 5.74) is 0.618. The van der Waals surface area contributed by atoms with Crippen molar-refractivity contribution >= 4 is 17.7 Å². The number of nitro benzene ring substituents is 1. The summed E-state index contributed by atoms with van der Waals surface area (Å²) in [5, 5.41) is 10.9. The van der Waals surface area contributed by atoms with Crippen molar-refractivity contribution < 1.29 is 19.2 Å². The molecule has 0 radical (unpaired) electrons. The Morgan fingerprint density at radius 1 is 1.52 bits per heavy atom. The molecule has 1 saturated heterocycles. The van der Waals surface area contributed by atoms with Gasteiger partial charge in [0.2, 0.25) is 5.91 Å². The monoisotopic (exact) mass is 347 g/mol. The molecule has 25 heavy (non-hydrogen) atoms. The van der Waals surface area contributed by atoms with Crippen LogP contribution in [0.4, 0.5) is 10.5 Å². The maximum atomic E-state index is 12.9. The van der Waals surface area contributed by atoms with Crippen LogP contribution in [0.5, 0.6) is 0 Å². The summed E-state index contributed by atoms with van der Waals surface area (Å²) in [6.45, 7) is 4.63. The number of methoxy groups -OCH3 is 1. The van der Waals surface area contributed by atoms with Crippen molar-refractivity contribution in [1.29, 1.82) is 0 Å². The number of carbonyl (C=O) groups excluding carboxylic acids is 2. The fraction of sp³-hybridized carbons (Fsp3) is 0.412. The van der Waals surface area contributed by atoms with Gasteiger partial charge in [0.25, 0.3) is 5.69 Å². The zero-order valence-electron chi connectivity index (χ0n) is 14.1. The summed E-state index contributed by atoms with van der Waals surface area (Å²) in [7, 11) is 1.28. The third-order valence-electron chi connectivity index (χ3n) is 4.10. The first-order valence-electron chi connectivity index (χ1n) is 7.95. The van der Waals surface area contributed by atoms with Crippen LogP contribution in [0.1, 0.15) is 18.4 Å². The molecule has 0 saturated carbocycles. The van der Waals surface area contributed by atoms with Gasteiger partial charge >= 0.3 is 6.09 Å². The number of non-ortho nitro benzene ring substituents is 1. The summed E-state index contributed by atoms with van der Waals surface area (Å²) in [5.74, 6) is -0.214. The van der Waals surface area contributed by atoms with Crippen LogP contribution in [-0.2, 0) is 16.1 Å². The van der Waals surface area contributed by atoms with Crippen LogP contribution in [0.15, 0.2) is 36.9 Å². The first-order chi connectivity index (χ1) is 12.0. The fourth-order valence-electron chi connectivity index (χ4n) is 2.95. The maximum absolute atomic E-state index is 12.9. The van der Waals surface area contributed by atoms with Gasteiger partial charge in [0.15, 0.2) is 0 Å². The quantitative estimate of drug-likeness (QED) is 0.447. The Hall–Kier alpha value is -2.90. The normalized spacial score (nSPS) is 16.4. The predicted molar refractivity (Wildman–Crippen MR) is 90.8 cm³/mol. The molecule has 0 spiro atoms. The zero-order chi connectivity index (χ0) is 18.4. The number of nitro groups is 1. The smallest absolute Gasteiger partial charge is 0.410 e. The van der Waals surface area contributed by atoms with Gasteiger partial charge < -0.3 is 9.64 Å². The van der Waals surface area contributed by atoms with E-state index in [4.69, 9.17) is 4.74 Å². The topological polar surface area (TPSA) is 93.0 Å². The predicted octanol–water partition coefficient (Wildman–Crippen LogP) is 2.34. The number of rotatable bonds is 6. The molecular weight excluding hydrogens is 326 g/mol. The number of carbonyl (C=O) groups is 2. The molecule has 1 aliphatic heterocycles. The van der Waals surface area contributed by atoms with Gasteiger partial charge in [0.05, 0.1) is 12.0 Å². The van der Waals surface area contributed by atoms with Crippen molar-refractivity contribution in [1.82, 2.24) is 9.80 Å². The highest BCUT2D eigenvalue weighted by molar-refractivity contribution is 5.86. The van der Waals surface area contributed by atoms with E-state index in [9.17, 15) is 19.7 Å². The highest BCUT2D eigenvalue weighted by Gasteiger charge is 2.37. The van der Waals surface area contributed by atoms with Crippen molar-refractivity contribution in [3.63, 3.8) is 0 Å². The molecule has 0 N–H and O–H groups in total. The first-order valence-corrected chi connectivity index (χ1v) is 7.95. The summed E-state index contributed by atoms with van der Waals surface area (Å²) in [6.07, 6.45) is 2.36. The van der Waals surface area contributed by atoms with E-state index in [0.717, 1.165) is 6.42 Å². The van der Waals surface area contributed by atoms with Crippen LogP contribution in [0.3, 0.4) is 0 Å². The Kier molecular flexibility index (Phi) is 6.10. The van der Waals surface area contributed by atoms with E-state index in [1.54, 1.807) is 18.2 Å². The van der Waals surface area contributed by atoms with Crippen molar-refractivity contribution in [3.8, 4) is 0 Å². The lowest BCUT2D eigenvalue weighted by atomic mass is 10.1. The summed E-state index contributed by atoms with van der Waals surface area (Å²) < 4.78 is 4.74. The van der Waals surface area contributed by atoms with Crippen LogP contribution in [0, 0.1) is 10.1 Å². The highest BCUT2D eigenvalue weighted by Crippen LogP contribution is 2.22. The van der Waals surface area contributed by atoms with Crippen LogP contribution >= 0.6 is 0 Å². The lowest BCUT2D eigenvalue weighted by Gasteiger charge is -2.29. The fourth-order valence-corrected chi connectivity index (χ4v) is 2.95. The van der Waals surface area contributed by atoms with Gasteiger partial charge in [-0.05, 0) is 18.4 Å². The van der Waals surface area contributed by atoms with E-state index >= 15 is 0 Å². The first kappa shape index (κ1) is 18.4. The number of amides is 2. The number of nitrogens with zero attached hydrogens (tertiary/aromatic N) is 3. The van der Waals surface area contributed by atoms with Crippen molar-refractivity contribution in [2.45, 2.75) is 25.4 Å². The molecular formula is C17H21N3O5. The Morgan fingerprint density at radius 3 is 2.92 bits per heavy atom. The van der Waals surface area contributed by atoms with E-state index in [2.05, 4.69) is 6.58 Å². The van der Waals surface area contributed by atoms with E-state index in [-0.39, 0.29) is 24.7 Å². The number of benzene rings is 1. The summed E-state index contributed by atoms with van der Waals surface area (Å²) in [6, 6.07) is 5.57. The SMILES string of the molecule is C=CCN(Cc1cccc([N+](=O)[O-])c1)C(=O)[C@@H]1CCCN1C(=O)OC. The van der Waals surface area contributed by atoms with Crippen LogP contribution in [0.25, 0.3) is 0 Å². The van der Waals surface area contributed by atoms with Crippen LogP contribution in [-0.4, -0.2) is 53.0 Å². The molecule has 1 aliphatic rings. The summed E-state index contributed by atoms with van der Waals surface area (Å²) in [4.78, 5) is 38.1. The van der Waals surface area contributed by atoms with Crippen molar-refractivity contribution in [2.24, 2.45) is 0 Å². The molecule has 2 amide bonds. The molecule has 0 unspecified atom stereocenters. The number of ether oxygens (including phenoxy) is 1. The van der Waals surface area contributed by atoms with Gasteiger partial charge in [-0.3, -0.25) is 19.8 Å². The molecule has 1 heterocycles. The van der Waals surface area contributed by atoms with E-state index < -0.39 is 17.1 Å². The number of likely N-dealkylation sites (tertiary alicyclic amines) is 1. The standard InChI is InChI=1S/C17H21N3O5/c1-3-9-18(12-13-6-4-7-14(11-13)20(23)24)16(21)15-8-5-10-19(15)17(22)25-2/h3-4,6-7,11,15H,1,5,8-10,12H2,2H3/t15-/m0/s1. The summed E-state index contributed by atoms with van der Waals surface area (Å²) >= 11 is 0. The molecule has 8 heteroatoms. The minimum atomic E-state index is -0.578. The molecule has 134 valence electrons. The van der Waals surface area contributed by atoms with Gasteiger partial charge in [-0.2, -0.15) is 0 Å². The Balaban J connectivity index is 2.18. The van der Waals surface area contributed by atoms with E-state index in [0.29, 0.717) is 18.5 Å². The molecule has 2 rings (SSSR count). The number of hydrogen-bond acceptors (Lipinski definition) is 5. The van der Waals surface area contributed by atoms with E-state index in [1.807, 2.05) is 0 Å². The lowest BCUT2D eigenvalue weighted by molar-refractivity contribution is -0.384. The van der Waals surface area contributed by atoms with Gasteiger partial charge in [-0.15, -0.1) is 6.58 Å². The Morgan fingerprint density at radius 2 is 2.28 bits per heavy atom. The molecule has 0 aromatic heterocycles. The zero-order valence-corrected chi connectivity index (χ0v) is 14.1. The van der Waals surface area contributed by atoms with E-state index in [1.165, 1.54) is 29.0 Å². The largest absolute Gasteiger partial charge is 0.453 e. The minimum absolute atomic E-state index is 0.0273. The van der Waals surface area contributed by atoms with Crippen molar-refractivity contribution in [3.05, 3.63) is 52.6 Å².